The van der Waals surface area contributed by atoms with Gasteiger partial charge in [0.25, 0.3) is 0 Å². The second kappa shape index (κ2) is 6.45. The summed E-state index contributed by atoms with van der Waals surface area (Å²) < 4.78 is 5.18. The number of carboxylic acids is 1. The van der Waals surface area contributed by atoms with Crippen LogP contribution in [0, 0.1) is 5.92 Å². The van der Waals surface area contributed by atoms with Crippen molar-refractivity contribution >= 4 is 11.7 Å². The molecule has 1 atom stereocenters. The van der Waals surface area contributed by atoms with E-state index in [-0.39, 0.29) is 6.04 Å². The van der Waals surface area contributed by atoms with Crippen LogP contribution < -0.4 is 9.64 Å². The van der Waals surface area contributed by atoms with Gasteiger partial charge >= 0.3 is 5.97 Å². The molecule has 106 valence electrons. The Hall–Kier alpha value is -1.71. The molecular weight excluding hydrogens is 242 g/mol. The first kappa shape index (κ1) is 15.3. The number of anilines is 1. The summed E-state index contributed by atoms with van der Waals surface area (Å²) in [6, 6.07) is 5.31. The summed E-state index contributed by atoms with van der Waals surface area (Å²) in [5.74, 6) is 0.321. The normalized spacial score (nSPS) is 12.3. The molecule has 1 unspecified atom stereocenters. The number of ether oxygens (including phenoxy) is 1. The molecule has 0 heterocycles. The van der Waals surface area contributed by atoms with Crippen molar-refractivity contribution in [1.29, 1.82) is 0 Å². The van der Waals surface area contributed by atoms with Gasteiger partial charge in [0.1, 0.15) is 5.75 Å². The number of benzene rings is 1. The van der Waals surface area contributed by atoms with Gasteiger partial charge in [0.15, 0.2) is 0 Å². The third-order valence-electron chi connectivity index (χ3n) is 3.29. The van der Waals surface area contributed by atoms with Gasteiger partial charge in [-0.15, -0.1) is 0 Å². The third kappa shape index (κ3) is 3.88. The first-order chi connectivity index (χ1) is 8.86. The van der Waals surface area contributed by atoms with E-state index in [0.717, 1.165) is 6.42 Å². The SMILES string of the molecule is COc1ccc(C(=O)O)c(N(C)C(C)CC(C)C)c1. The molecule has 4 heteroatoms. The first-order valence-electron chi connectivity index (χ1n) is 6.51. The van der Waals surface area contributed by atoms with Crippen molar-refractivity contribution < 1.29 is 14.6 Å². The fraction of sp³-hybridized carbons (Fsp3) is 0.533. The number of nitrogens with zero attached hydrogens (tertiary/aromatic N) is 1. The number of hydrogen-bond donors (Lipinski definition) is 1. The minimum absolute atomic E-state index is 0.269. The third-order valence-corrected chi connectivity index (χ3v) is 3.29. The molecule has 0 aliphatic heterocycles. The standard InChI is InChI=1S/C15H23NO3/c1-10(2)8-11(3)16(4)14-9-12(19-5)6-7-13(14)15(17)18/h6-7,9-11H,8H2,1-5H3,(H,17,18). The van der Waals surface area contributed by atoms with Crippen molar-refractivity contribution in [2.24, 2.45) is 5.92 Å². The molecule has 0 aliphatic rings. The fourth-order valence-electron chi connectivity index (χ4n) is 2.19. The van der Waals surface area contributed by atoms with E-state index in [9.17, 15) is 9.90 Å². The molecule has 0 bridgehead atoms. The number of methoxy groups -OCH3 is 1. The van der Waals surface area contributed by atoms with Gasteiger partial charge in [-0.3, -0.25) is 0 Å². The van der Waals surface area contributed by atoms with Gasteiger partial charge in [-0.1, -0.05) is 13.8 Å². The maximum atomic E-state index is 11.3. The zero-order valence-electron chi connectivity index (χ0n) is 12.3. The van der Waals surface area contributed by atoms with Crippen LogP contribution in [0.3, 0.4) is 0 Å². The largest absolute Gasteiger partial charge is 0.497 e. The highest BCUT2D eigenvalue weighted by molar-refractivity contribution is 5.94. The topological polar surface area (TPSA) is 49.8 Å². The van der Waals surface area contributed by atoms with Gasteiger partial charge in [-0.05, 0) is 31.4 Å². The number of aromatic carboxylic acids is 1. The monoisotopic (exact) mass is 265 g/mol. The summed E-state index contributed by atoms with van der Waals surface area (Å²) in [7, 11) is 3.51. The number of rotatable bonds is 6. The van der Waals surface area contributed by atoms with Crippen LogP contribution in [-0.2, 0) is 0 Å². The maximum absolute atomic E-state index is 11.3. The first-order valence-corrected chi connectivity index (χ1v) is 6.51. The van der Waals surface area contributed by atoms with Crippen molar-refractivity contribution in [3.05, 3.63) is 23.8 Å². The lowest BCUT2D eigenvalue weighted by Gasteiger charge is -2.29. The number of carboxylic acid groups (broad SMARTS) is 1. The van der Waals surface area contributed by atoms with E-state index >= 15 is 0 Å². The second-order valence-corrected chi connectivity index (χ2v) is 5.28. The molecule has 0 amide bonds. The van der Waals surface area contributed by atoms with Crippen LogP contribution in [0.2, 0.25) is 0 Å². The average Bonchev–Trinajstić information content (AvgIpc) is 2.36. The molecule has 0 fully saturated rings. The Balaban J connectivity index is 3.11. The van der Waals surface area contributed by atoms with Crippen LogP contribution in [0.4, 0.5) is 5.69 Å². The molecule has 0 spiro atoms. The van der Waals surface area contributed by atoms with E-state index in [1.165, 1.54) is 0 Å². The Labute approximate surface area is 115 Å². The Morgan fingerprint density at radius 2 is 2.00 bits per heavy atom. The molecule has 1 aromatic carbocycles. The predicted octanol–water partition coefficient (Wildman–Crippen LogP) is 3.26. The summed E-state index contributed by atoms with van der Waals surface area (Å²) >= 11 is 0. The van der Waals surface area contributed by atoms with Crippen LogP contribution >= 0.6 is 0 Å². The van der Waals surface area contributed by atoms with E-state index in [2.05, 4.69) is 20.8 Å². The minimum atomic E-state index is -0.916. The summed E-state index contributed by atoms with van der Waals surface area (Å²) in [6.07, 6.45) is 1.01. The molecule has 1 N–H and O–H groups in total. The summed E-state index contributed by atoms with van der Waals surface area (Å²) in [5, 5.41) is 9.27. The van der Waals surface area contributed by atoms with Gasteiger partial charge < -0.3 is 14.7 Å². The molecule has 0 radical (unpaired) electrons. The molecular formula is C15H23NO3. The molecule has 0 aliphatic carbocycles. The summed E-state index contributed by atoms with van der Waals surface area (Å²) in [6.45, 7) is 6.42. The highest BCUT2D eigenvalue weighted by Crippen LogP contribution is 2.28. The Bertz CT molecular complexity index is 443. The van der Waals surface area contributed by atoms with Crippen molar-refractivity contribution in [2.75, 3.05) is 19.1 Å². The molecule has 1 aromatic rings. The molecule has 0 saturated carbocycles. The quantitative estimate of drug-likeness (QED) is 0.857. The molecule has 0 aromatic heterocycles. The van der Waals surface area contributed by atoms with Crippen molar-refractivity contribution in [3.63, 3.8) is 0 Å². The highest BCUT2D eigenvalue weighted by atomic mass is 16.5. The molecule has 0 saturated heterocycles. The smallest absolute Gasteiger partial charge is 0.337 e. The lowest BCUT2D eigenvalue weighted by Crippen LogP contribution is -2.31. The van der Waals surface area contributed by atoms with Crippen molar-refractivity contribution in [1.82, 2.24) is 0 Å². The van der Waals surface area contributed by atoms with Gasteiger partial charge in [0, 0.05) is 19.2 Å². The van der Waals surface area contributed by atoms with Gasteiger partial charge in [0.2, 0.25) is 0 Å². The van der Waals surface area contributed by atoms with Crippen LogP contribution in [0.15, 0.2) is 18.2 Å². The van der Waals surface area contributed by atoms with Crippen molar-refractivity contribution in [2.45, 2.75) is 33.2 Å². The predicted molar refractivity (Wildman–Crippen MR) is 77.3 cm³/mol. The van der Waals surface area contributed by atoms with Gasteiger partial charge in [0.05, 0.1) is 18.4 Å². The Kier molecular flexibility index (Phi) is 5.21. The van der Waals surface area contributed by atoms with Gasteiger partial charge in [-0.2, -0.15) is 0 Å². The summed E-state index contributed by atoms with van der Waals surface area (Å²) in [4.78, 5) is 13.3. The zero-order valence-corrected chi connectivity index (χ0v) is 12.3. The zero-order chi connectivity index (χ0) is 14.6. The summed E-state index contributed by atoms with van der Waals surface area (Å²) in [5.41, 5.74) is 0.999. The van der Waals surface area contributed by atoms with E-state index in [0.29, 0.717) is 22.9 Å². The second-order valence-electron chi connectivity index (χ2n) is 5.28. The van der Waals surface area contributed by atoms with E-state index in [4.69, 9.17) is 4.74 Å². The van der Waals surface area contributed by atoms with Crippen molar-refractivity contribution in [3.8, 4) is 5.75 Å². The van der Waals surface area contributed by atoms with Crippen LogP contribution in [0.25, 0.3) is 0 Å². The number of hydrogen-bond acceptors (Lipinski definition) is 3. The minimum Gasteiger partial charge on any atom is -0.497 e. The van der Waals surface area contributed by atoms with E-state index < -0.39 is 5.97 Å². The maximum Gasteiger partial charge on any atom is 0.337 e. The molecule has 1 rings (SSSR count). The average molecular weight is 265 g/mol. The van der Waals surface area contributed by atoms with E-state index in [1.807, 2.05) is 11.9 Å². The van der Waals surface area contributed by atoms with E-state index in [1.54, 1.807) is 25.3 Å². The van der Waals surface area contributed by atoms with Crippen LogP contribution in [-0.4, -0.2) is 31.3 Å². The van der Waals surface area contributed by atoms with Crippen LogP contribution in [0.1, 0.15) is 37.6 Å². The Morgan fingerprint density at radius 1 is 1.37 bits per heavy atom. The molecule has 19 heavy (non-hydrogen) atoms. The van der Waals surface area contributed by atoms with Gasteiger partial charge in [-0.25, -0.2) is 4.79 Å². The lowest BCUT2D eigenvalue weighted by atomic mass is 10.0. The molecule has 4 nitrogen and oxygen atoms in total. The number of carbonyl (C=O) groups is 1. The fourth-order valence-corrected chi connectivity index (χ4v) is 2.19. The lowest BCUT2D eigenvalue weighted by molar-refractivity contribution is 0.0697. The van der Waals surface area contributed by atoms with Crippen LogP contribution in [0.5, 0.6) is 5.75 Å². The highest BCUT2D eigenvalue weighted by Gasteiger charge is 2.19. The Morgan fingerprint density at radius 3 is 2.47 bits per heavy atom.